The van der Waals surface area contributed by atoms with Crippen molar-refractivity contribution in [3.8, 4) is 0 Å². The van der Waals surface area contributed by atoms with Gasteiger partial charge in [-0.2, -0.15) is 0 Å². The van der Waals surface area contributed by atoms with Crippen LogP contribution in [-0.4, -0.2) is 25.4 Å². The molecule has 1 aliphatic heterocycles. The van der Waals surface area contributed by atoms with Gasteiger partial charge < -0.3 is 9.85 Å². The van der Waals surface area contributed by atoms with E-state index in [9.17, 15) is 5.21 Å². The maximum absolute atomic E-state index is 12.9. The van der Waals surface area contributed by atoms with Crippen LogP contribution in [0.25, 0.3) is 0 Å². The van der Waals surface area contributed by atoms with E-state index in [-0.39, 0.29) is 12.6 Å². The van der Waals surface area contributed by atoms with E-state index in [2.05, 4.69) is 30.3 Å². The predicted molar refractivity (Wildman–Crippen MR) is 88.1 cm³/mol. The van der Waals surface area contributed by atoms with Crippen LogP contribution in [0.3, 0.4) is 0 Å². The summed E-state index contributed by atoms with van der Waals surface area (Å²) in [6, 6.07) is 20.5. The number of nitrogens with zero attached hydrogens (tertiary/aromatic N) is 1. The molecule has 0 radical (unpaired) electrons. The lowest BCUT2D eigenvalue weighted by Crippen LogP contribution is -2.49. The lowest BCUT2D eigenvalue weighted by molar-refractivity contribution is 0.403. The highest BCUT2D eigenvalue weighted by Crippen LogP contribution is 2.44. The molecule has 1 heterocycles. The van der Waals surface area contributed by atoms with Crippen LogP contribution >= 0.6 is 7.92 Å². The molecule has 0 spiro atoms. The Morgan fingerprint density at radius 3 is 2.00 bits per heavy atom. The second-order valence-electron chi connectivity index (χ2n) is 5.43. The first kappa shape index (κ1) is 13.8. The third-order valence-electron chi connectivity index (χ3n) is 4.03. The zero-order chi connectivity index (χ0) is 13.8. The number of hydroxylamine groups is 2. The van der Waals surface area contributed by atoms with Crippen molar-refractivity contribution in [1.82, 2.24) is 4.65 Å². The second-order valence-corrected chi connectivity index (χ2v) is 7.99. The van der Waals surface area contributed by atoms with Crippen molar-refractivity contribution in [1.29, 1.82) is 0 Å². The van der Waals surface area contributed by atoms with Crippen LogP contribution in [0.4, 0.5) is 5.69 Å². The van der Waals surface area contributed by atoms with E-state index >= 15 is 0 Å². The highest BCUT2D eigenvalue weighted by Gasteiger charge is 2.28. The molecule has 2 aromatic rings. The highest BCUT2D eigenvalue weighted by molar-refractivity contribution is 7.57. The molecule has 20 heavy (non-hydrogen) atoms. The molecule has 1 aliphatic rings. The van der Waals surface area contributed by atoms with Crippen molar-refractivity contribution in [2.45, 2.75) is 6.16 Å². The fraction of sp³-hybridized carbons (Fsp3) is 0.294. The normalized spacial score (nSPS) is 26.4. The number of para-hydroxylation sites is 1. The van der Waals surface area contributed by atoms with E-state index in [1.807, 2.05) is 30.3 Å². The fourth-order valence-electron chi connectivity index (χ4n) is 2.79. The third kappa shape index (κ3) is 3.09. The van der Waals surface area contributed by atoms with Gasteiger partial charge in [0, 0.05) is 12.3 Å². The number of rotatable bonds is 3. The molecule has 0 saturated carbocycles. The minimum absolute atomic E-state index is 0.0125. The molecule has 1 saturated heterocycles. The van der Waals surface area contributed by atoms with Gasteiger partial charge in [0.05, 0.1) is 13.1 Å². The molecule has 0 atom stereocenters. The summed E-state index contributed by atoms with van der Waals surface area (Å²) in [5, 5.41) is 12.9. The number of benzene rings is 2. The zero-order valence-corrected chi connectivity index (χ0v) is 12.5. The van der Waals surface area contributed by atoms with Gasteiger partial charge in [0.1, 0.15) is 5.69 Å². The van der Waals surface area contributed by atoms with E-state index in [0.717, 1.165) is 31.1 Å². The quantitative estimate of drug-likeness (QED) is 0.471. The monoisotopic (exact) mass is 285 g/mol. The first-order chi connectivity index (χ1) is 9.76. The van der Waals surface area contributed by atoms with E-state index in [1.165, 1.54) is 11.7 Å². The molecular formula is C17H20NOP. The van der Waals surface area contributed by atoms with Crippen LogP contribution in [0, 0.1) is 5.21 Å². The molecule has 3 rings (SSSR count). The standard InChI is InChI=1S/C17H20NOP/c19-18(17-9-5-2-6-10-17)11-13-20(14-12-18)15-16-7-3-1-4-8-16/h1-10H,11-15H2. The first-order valence-corrected chi connectivity index (χ1v) is 9.06. The van der Waals surface area contributed by atoms with Crippen LogP contribution < -0.4 is 4.65 Å². The van der Waals surface area contributed by atoms with Gasteiger partial charge in [0.2, 0.25) is 0 Å². The van der Waals surface area contributed by atoms with Crippen molar-refractivity contribution >= 4 is 13.6 Å². The summed E-state index contributed by atoms with van der Waals surface area (Å²) in [5.74, 6) is 0. The Hall–Kier alpha value is -1.21. The summed E-state index contributed by atoms with van der Waals surface area (Å²) in [4.78, 5) is 0. The molecule has 1 fully saturated rings. The Balaban J connectivity index is 1.62. The van der Waals surface area contributed by atoms with Crippen LogP contribution in [0.5, 0.6) is 0 Å². The van der Waals surface area contributed by atoms with Crippen molar-refractivity contribution in [3.05, 3.63) is 71.4 Å². The molecule has 0 amide bonds. The first-order valence-electron chi connectivity index (χ1n) is 7.16. The molecule has 2 nitrogen and oxygen atoms in total. The molecule has 104 valence electrons. The molecule has 0 bridgehead atoms. The van der Waals surface area contributed by atoms with Crippen LogP contribution in [0.1, 0.15) is 5.56 Å². The van der Waals surface area contributed by atoms with Crippen molar-refractivity contribution in [2.24, 2.45) is 0 Å². The number of quaternary nitrogens is 1. The Kier molecular flexibility index (Phi) is 4.16. The van der Waals surface area contributed by atoms with Crippen molar-refractivity contribution in [2.75, 3.05) is 25.4 Å². The Morgan fingerprint density at radius 1 is 0.850 bits per heavy atom. The van der Waals surface area contributed by atoms with Gasteiger partial charge in [0.25, 0.3) is 0 Å². The molecule has 0 aliphatic carbocycles. The Morgan fingerprint density at radius 2 is 1.40 bits per heavy atom. The van der Waals surface area contributed by atoms with Gasteiger partial charge in [0.15, 0.2) is 0 Å². The van der Waals surface area contributed by atoms with Crippen LogP contribution in [0.15, 0.2) is 60.7 Å². The minimum atomic E-state index is -0.130. The average molecular weight is 285 g/mol. The fourth-order valence-corrected chi connectivity index (χ4v) is 5.27. The van der Waals surface area contributed by atoms with Gasteiger partial charge >= 0.3 is 0 Å². The van der Waals surface area contributed by atoms with Crippen LogP contribution in [-0.2, 0) is 6.16 Å². The van der Waals surface area contributed by atoms with Gasteiger partial charge in [-0.1, -0.05) is 56.5 Å². The molecule has 3 heteroatoms. The summed E-state index contributed by atoms with van der Waals surface area (Å²) in [6.07, 6.45) is 3.34. The lowest BCUT2D eigenvalue weighted by atomic mass is 10.2. The zero-order valence-electron chi connectivity index (χ0n) is 11.6. The van der Waals surface area contributed by atoms with E-state index < -0.39 is 0 Å². The number of hydrogen-bond acceptors (Lipinski definition) is 1. The van der Waals surface area contributed by atoms with Gasteiger partial charge in [-0.3, -0.25) is 0 Å². The van der Waals surface area contributed by atoms with Gasteiger partial charge in [-0.25, -0.2) is 0 Å². The largest absolute Gasteiger partial charge is 0.627 e. The predicted octanol–water partition coefficient (Wildman–Crippen LogP) is 4.19. The Labute approximate surface area is 122 Å². The lowest BCUT2D eigenvalue weighted by Gasteiger charge is -2.47. The summed E-state index contributed by atoms with van der Waals surface area (Å²) in [6.45, 7) is 1.48. The smallest absolute Gasteiger partial charge is 0.132 e. The van der Waals surface area contributed by atoms with Gasteiger partial charge in [-0.05, 0) is 23.9 Å². The average Bonchev–Trinajstić information content (AvgIpc) is 2.52. The molecule has 0 aromatic heterocycles. The van der Waals surface area contributed by atoms with E-state index in [0.29, 0.717) is 0 Å². The molecule has 2 aromatic carbocycles. The molecule has 0 N–H and O–H groups in total. The van der Waals surface area contributed by atoms with E-state index in [4.69, 9.17) is 0 Å². The molecule has 0 unspecified atom stereocenters. The SMILES string of the molecule is [O-][N+]1(c2ccccc2)CCP(Cc2ccccc2)CC1. The second kappa shape index (κ2) is 6.05. The van der Waals surface area contributed by atoms with E-state index in [1.54, 1.807) is 0 Å². The van der Waals surface area contributed by atoms with Gasteiger partial charge in [-0.15, -0.1) is 0 Å². The summed E-state index contributed by atoms with van der Waals surface area (Å²) >= 11 is 0. The summed E-state index contributed by atoms with van der Waals surface area (Å²) in [7, 11) is -0.0125. The highest BCUT2D eigenvalue weighted by atomic mass is 31.1. The van der Waals surface area contributed by atoms with Crippen LogP contribution in [0.2, 0.25) is 0 Å². The minimum Gasteiger partial charge on any atom is -0.627 e. The maximum atomic E-state index is 12.9. The van der Waals surface area contributed by atoms with Crippen molar-refractivity contribution in [3.63, 3.8) is 0 Å². The maximum Gasteiger partial charge on any atom is 0.132 e. The molecular weight excluding hydrogens is 265 g/mol. The Bertz CT molecular complexity index is 535. The topological polar surface area (TPSA) is 23.1 Å². The summed E-state index contributed by atoms with van der Waals surface area (Å²) < 4.78 is -0.130. The third-order valence-corrected chi connectivity index (χ3v) is 6.51. The number of hydrogen-bond donors (Lipinski definition) is 0. The summed E-state index contributed by atoms with van der Waals surface area (Å²) in [5.41, 5.74) is 2.34. The van der Waals surface area contributed by atoms with Crippen molar-refractivity contribution < 1.29 is 0 Å².